The molecule has 0 aliphatic heterocycles. The maximum absolute atomic E-state index is 12.7. The molecule has 0 aliphatic rings. The van der Waals surface area contributed by atoms with Crippen molar-refractivity contribution in [2.75, 3.05) is 7.05 Å². The van der Waals surface area contributed by atoms with Crippen molar-refractivity contribution >= 4 is 5.91 Å². The van der Waals surface area contributed by atoms with E-state index in [1.54, 1.807) is 31.0 Å². The summed E-state index contributed by atoms with van der Waals surface area (Å²) in [5, 5.41) is 0. The van der Waals surface area contributed by atoms with Crippen LogP contribution < -0.4 is 5.73 Å². The Hall–Kier alpha value is -1.42. The second-order valence-corrected chi connectivity index (χ2v) is 3.97. The highest BCUT2D eigenvalue weighted by molar-refractivity contribution is 5.81. The molecule has 2 N–H and O–H groups in total. The lowest BCUT2D eigenvalue weighted by Gasteiger charge is -2.26. The Morgan fingerprint density at radius 3 is 2.25 bits per heavy atom. The zero-order chi connectivity index (χ0) is 12.3. The number of carbonyl (C=O) groups excluding carboxylic acids is 1. The van der Waals surface area contributed by atoms with Gasteiger partial charge in [-0.05, 0) is 31.5 Å². The summed E-state index contributed by atoms with van der Waals surface area (Å²) in [7, 11) is 1.69. The molecule has 1 aromatic carbocycles. The molecule has 16 heavy (non-hydrogen) atoms. The Balaban J connectivity index is 2.81. The normalized spacial score (nSPS) is 14.3. The van der Waals surface area contributed by atoms with Crippen molar-refractivity contribution in [2.45, 2.75) is 25.9 Å². The van der Waals surface area contributed by atoms with Crippen LogP contribution in [0.5, 0.6) is 0 Å². The van der Waals surface area contributed by atoms with Gasteiger partial charge in [0.15, 0.2) is 0 Å². The van der Waals surface area contributed by atoms with Gasteiger partial charge in [-0.1, -0.05) is 12.1 Å². The van der Waals surface area contributed by atoms with E-state index in [0.717, 1.165) is 5.56 Å². The number of hydrogen-bond acceptors (Lipinski definition) is 2. The molecule has 1 amide bonds. The molecule has 4 heteroatoms. The maximum Gasteiger partial charge on any atom is 0.239 e. The quantitative estimate of drug-likeness (QED) is 0.849. The van der Waals surface area contributed by atoms with Gasteiger partial charge >= 0.3 is 0 Å². The SMILES string of the molecule is C[C@H](N)C(=O)N(C)[C@H](C)c1ccc(F)cc1. The average Bonchev–Trinajstić information content (AvgIpc) is 2.27. The molecule has 2 atom stereocenters. The molecule has 3 nitrogen and oxygen atoms in total. The number of benzene rings is 1. The molecule has 0 fully saturated rings. The Labute approximate surface area is 95.0 Å². The lowest BCUT2D eigenvalue weighted by Crippen LogP contribution is -2.40. The van der Waals surface area contributed by atoms with Gasteiger partial charge < -0.3 is 10.6 Å². The van der Waals surface area contributed by atoms with Gasteiger partial charge in [-0.15, -0.1) is 0 Å². The molecule has 1 rings (SSSR count). The molecule has 0 radical (unpaired) electrons. The summed E-state index contributed by atoms with van der Waals surface area (Å²) in [5.41, 5.74) is 6.41. The Morgan fingerprint density at radius 1 is 1.31 bits per heavy atom. The van der Waals surface area contributed by atoms with Crippen molar-refractivity contribution in [3.63, 3.8) is 0 Å². The Morgan fingerprint density at radius 2 is 1.81 bits per heavy atom. The number of nitrogens with zero attached hydrogens (tertiary/aromatic N) is 1. The van der Waals surface area contributed by atoms with Crippen LogP contribution in [0.4, 0.5) is 4.39 Å². The number of hydrogen-bond donors (Lipinski definition) is 1. The van der Waals surface area contributed by atoms with E-state index in [-0.39, 0.29) is 17.8 Å². The van der Waals surface area contributed by atoms with Gasteiger partial charge in [0.1, 0.15) is 5.82 Å². The van der Waals surface area contributed by atoms with Crippen LogP contribution in [-0.2, 0) is 4.79 Å². The van der Waals surface area contributed by atoms with Crippen molar-refractivity contribution in [3.8, 4) is 0 Å². The predicted molar refractivity (Wildman–Crippen MR) is 61.2 cm³/mol. The number of likely N-dealkylation sites (N-methyl/N-ethyl adjacent to an activating group) is 1. The van der Waals surface area contributed by atoms with Gasteiger partial charge in [0, 0.05) is 7.05 Å². The fraction of sp³-hybridized carbons (Fsp3) is 0.417. The molecule has 0 saturated heterocycles. The largest absolute Gasteiger partial charge is 0.338 e. The van der Waals surface area contributed by atoms with E-state index < -0.39 is 6.04 Å². The summed E-state index contributed by atoms with van der Waals surface area (Å²) in [6.45, 7) is 3.53. The minimum Gasteiger partial charge on any atom is -0.338 e. The molecule has 0 saturated carbocycles. The smallest absolute Gasteiger partial charge is 0.239 e. The molecule has 1 aromatic rings. The monoisotopic (exact) mass is 224 g/mol. The van der Waals surface area contributed by atoms with E-state index in [1.165, 1.54) is 12.1 Å². The molecule has 0 unspecified atom stereocenters. The van der Waals surface area contributed by atoms with Gasteiger partial charge in [0.05, 0.1) is 12.1 Å². The lowest BCUT2D eigenvalue weighted by molar-refractivity contribution is -0.132. The van der Waals surface area contributed by atoms with E-state index >= 15 is 0 Å². The van der Waals surface area contributed by atoms with Crippen molar-refractivity contribution in [1.29, 1.82) is 0 Å². The minimum atomic E-state index is -0.520. The Bertz CT molecular complexity index is 362. The van der Waals surface area contributed by atoms with Crippen molar-refractivity contribution in [2.24, 2.45) is 5.73 Å². The first kappa shape index (κ1) is 12.6. The van der Waals surface area contributed by atoms with E-state index in [2.05, 4.69) is 0 Å². The first-order chi connectivity index (χ1) is 7.43. The van der Waals surface area contributed by atoms with Gasteiger partial charge in [-0.2, -0.15) is 0 Å². The van der Waals surface area contributed by atoms with E-state index in [4.69, 9.17) is 5.73 Å². The molecule has 88 valence electrons. The van der Waals surface area contributed by atoms with E-state index in [1.807, 2.05) is 6.92 Å². The number of rotatable bonds is 3. The molecule has 0 heterocycles. The predicted octanol–water partition coefficient (Wildman–Crippen LogP) is 1.69. The van der Waals surface area contributed by atoms with Crippen LogP contribution >= 0.6 is 0 Å². The molecular formula is C12H17FN2O. The van der Waals surface area contributed by atoms with Crippen molar-refractivity contribution in [3.05, 3.63) is 35.6 Å². The third-order valence-electron chi connectivity index (χ3n) is 2.67. The summed E-state index contributed by atoms with van der Waals surface area (Å²) in [6, 6.07) is 5.48. The van der Waals surface area contributed by atoms with Crippen LogP contribution in [0.3, 0.4) is 0 Å². The summed E-state index contributed by atoms with van der Waals surface area (Å²) in [4.78, 5) is 13.2. The van der Waals surface area contributed by atoms with Crippen LogP contribution in [0.1, 0.15) is 25.5 Å². The molecule has 0 aromatic heterocycles. The standard InChI is InChI=1S/C12H17FN2O/c1-8(14)12(16)15(3)9(2)10-4-6-11(13)7-5-10/h4-9H,14H2,1-3H3/t8-,9+/m0/s1. The van der Waals surface area contributed by atoms with Crippen LogP contribution in [-0.4, -0.2) is 23.9 Å². The van der Waals surface area contributed by atoms with Crippen molar-refractivity contribution < 1.29 is 9.18 Å². The average molecular weight is 224 g/mol. The Kier molecular flexibility index (Phi) is 4.01. The van der Waals surface area contributed by atoms with Gasteiger partial charge in [0.2, 0.25) is 5.91 Å². The highest BCUT2D eigenvalue weighted by Crippen LogP contribution is 2.19. The number of nitrogens with two attached hydrogens (primary N) is 1. The number of halogens is 1. The van der Waals surface area contributed by atoms with Gasteiger partial charge in [-0.25, -0.2) is 4.39 Å². The van der Waals surface area contributed by atoms with Crippen molar-refractivity contribution in [1.82, 2.24) is 4.90 Å². The summed E-state index contributed by atoms with van der Waals surface area (Å²) in [5.74, 6) is -0.408. The van der Waals surface area contributed by atoms with Crippen LogP contribution in [0.2, 0.25) is 0 Å². The number of carbonyl (C=O) groups is 1. The fourth-order valence-electron chi connectivity index (χ4n) is 1.48. The highest BCUT2D eigenvalue weighted by atomic mass is 19.1. The highest BCUT2D eigenvalue weighted by Gasteiger charge is 2.19. The zero-order valence-electron chi connectivity index (χ0n) is 9.77. The maximum atomic E-state index is 12.7. The summed E-state index contributed by atoms with van der Waals surface area (Å²) >= 11 is 0. The molecule has 0 aliphatic carbocycles. The lowest BCUT2D eigenvalue weighted by atomic mass is 10.1. The van der Waals surface area contributed by atoms with Crippen LogP contribution in [0, 0.1) is 5.82 Å². The van der Waals surface area contributed by atoms with E-state index in [9.17, 15) is 9.18 Å². The summed E-state index contributed by atoms with van der Waals surface area (Å²) in [6.07, 6.45) is 0. The summed E-state index contributed by atoms with van der Waals surface area (Å²) < 4.78 is 12.7. The fourth-order valence-corrected chi connectivity index (χ4v) is 1.48. The van der Waals surface area contributed by atoms with Gasteiger partial charge in [0.25, 0.3) is 0 Å². The second-order valence-electron chi connectivity index (χ2n) is 3.97. The minimum absolute atomic E-state index is 0.112. The molecular weight excluding hydrogens is 207 g/mol. The first-order valence-electron chi connectivity index (χ1n) is 5.21. The third-order valence-corrected chi connectivity index (χ3v) is 2.67. The van der Waals surface area contributed by atoms with Gasteiger partial charge in [-0.3, -0.25) is 4.79 Å². The molecule has 0 spiro atoms. The third kappa shape index (κ3) is 2.79. The van der Waals surface area contributed by atoms with E-state index in [0.29, 0.717) is 0 Å². The second kappa shape index (κ2) is 5.07. The zero-order valence-corrected chi connectivity index (χ0v) is 9.77. The van der Waals surface area contributed by atoms with Crippen LogP contribution in [0.15, 0.2) is 24.3 Å². The van der Waals surface area contributed by atoms with Crippen LogP contribution in [0.25, 0.3) is 0 Å². The molecule has 0 bridgehead atoms. The number of amides is 1. The topological polar surface area (TPSA) is 46.3 Å². The first-order valence-corrected chi connectivity index (χ1v) is 5.21.